The van der Waals surface area contributed by atoms with E-state index in [1.807, 2.05) is 6.92 Å². The Kier molecular flexibility index (Phi) is 4.65. The number of nitro groups is 1. The van der Waals surface area contributed by atoms with Crippen LogP contribution in [-0.2, 0) is 4.79 Å². The largest absolute Gasteiger partial charge is 0.490 e. The highest BCUT2D eigenvalue weighted by Gasteiger charge is 2.22. The number of rotatable bonds is 6. The van der Waals surface area contributed by atoms with Crippen LogP contribution in [0.5, 0.6) is 5.75 Å². The lowest BCUT2D eigenvalue weighted by atomic mass is 9.94. The molecular formula is C12H15NO5. The molecule has 1 aromatic carbocycles. The molecule has 6 nitrogen and oxygen atoms in total. The third kappa shape index (κ3) is 2.97. The molecule has 0 bridgehead atoms. The molecule has 0 amide bonds. The van der Waals surface area contributed by atoms with Crippen molar-refractivity contribution in [1.82, 2.24) is 0 Å². The second-order valence-electron chi connectivity index (χ2n) is 3.87. The number of hydrogen-bond acceptors (Lipinski definition) is 4. The van der Waals surface area contributed by atoms with Crippen molar-refractivity contribution in [2.24, 2.45) is 0 Å². The fourth-order valence-electron chi connectivity index (χ4n) is 1.78. The summed E-state index contributed by atoms with van der Waals surface area (Å²) >= 11 is 0. The van der Waals surface area contributed by atoms with Gasteiger partial charge in [0.25, 0.3) is 0 Å². The van der Waals surface area contributed by atoms with E-state index in [0.29, 0.717) is 12.0 Å². The van der Waals surface area contributed by atoms with Crippen LogP contribution in [0.15, 0.2) is 18.2 Å². The van der Waals surface area contributed by atoms with Crippen molar-refractivity contribution < 1.29 is 19.6 Å². The van der Waals surface area contributed by atoms with E-state index >= 15 is 0 Å². The number of carboxylic acids is 1. The maximum atomic E-state index is 11.1. The zero-order chi connectivity index (χ0) is 13.7. The van der Waals surface area contributed by atoms with Gasteiger partial charge in [-0.15, -0.1) is 0 Å². The number of hydrogen-bond donors (Lipinski definition) is 1. The number of carboxylic acid groups (broad SMARTS) is 1. The van der Waals surface area contributed by atoms with E-state index in [1.165, 1.54) is 25.3 Å². The van der Waals surface area contributed by atoms with Crippen molar-refractivity contribution in [1.29, 1.82) is 0 Å². The fraction of sp³-hybridized carbons (Fsp3) is 0.417. The van der Waals surface area contributed by atoms with Gasteiger partial charge in [-0.1, -0.05) is 19.4 Å². The second-order valence-corrected chi connectivity index (χ2v) is 3.87. The first-order valence-corrected chi connectivity index (χ1v) is 5.56. The molecule has 0 heterocycles. The van der Waals surface area contributed by atoms with Crippen LogP contribution in [0.25, 0.3) is 0 Å². The van der Waals surface area contributed by atoms with Gasteiger partial charge in [0.2, 0.25) is 0 Å². The predicted molar refractivity (Wildman–Crippen MR) is 64.9 cm³/mol. The number of carbonyl (C=O) groups is 1. The van der Waals surface area contributed by atoms with Gasteiger partial charge in [-0.25, -0.2) is 0 Å². The number of ether oxygens (including phenoxy) is 1. The topological polar surface area (TPSA) is 89.7 Å². The van der Waals surface area contributed by atoms with E-state index in [4.69, 9.17) is 9.84 Å². The molecule has 1 rings (SSSR count). The van der Waals surface area contributed by atoms with Gasteiger partial charge < -0.3 is 9.84 Å². The van der Waals surface area contributed by atoms with Crippen LogP contribution < -0.4 is 4.74 Å². The summed E-state index contributed by atoms with van der Waals surface area (Å²) in [7, 11) is 1.32. The van der Waals surface area contributed by atoms with Gasteiger partial charge in [0, 0.05) is 6.07 Å². The molecule has 1 unspecified atom stereocenters. The molecule has 0 aliphatic rings. The molecule has 0 saturated carbocycles. The fourth-order valence-corrected chi connectivity index (χ4v) is 1.78. The maximum Gasteiger partial charge on any atom is 0.310 e. The Morgan fingerprint density at radius 2 is 2.22 bits per heavy atom. The van der Waals surface area contributed by atoms with Crippen LogP contribution >= 0.6 is 0 Å². The van der Waals surface area contributed by atoms with Crippen molar-refractivity contribution in [3.05, 3.63) is 33.9 Å². The number of nitrogens with zero attached hydrogens (tertiary/aromatic N) is 1. The molecule has 6 heteroatoms. The normalized spacial score (nSPS) is 11.9. The van der Waals surface area contributed by atoms with Gasteiger partial charge in [0.15, 0.2) is 5.75 Å². The molecule has 0 aromatic heterocycles. The Morgan fingerprint density at radius 1 is 1.56 bits per heavy atom. The molecule has 0 spiro atoms. The second kappa shape index (κ2) is 6.00. The quantitative estimate of drug-likeness (QED) is 0.621. The van der Waals surface area contributed by atoms with Gasteiger partial charge in [-0.05, 0) is 18.1 Å². The third-order valence-electron chi connectivity index (χ3n) is 2.68. The summed E-state index contributed by atoms with van der Waals surface area (Å²) in [6, 6.07) is 4.17. The highest BCUT2D eigenvalue weighted by molar-refractivity contribution is 5.76. The SMILES string of the molecule is CCCC(C(=O)O)c1ccc([N+](=O)[O-])c(OC)c1. The Hall–Kier alpha value is -2.11. The number of aliphatic carboxylic acids is 1. The first-order chi connectivity index (χ1) is 8.51. The first kappa shape index (κ1) is 14.0. The van der Waals surface area contributed by atoms with E-state index in [2.05, 4.69) is 0 Å². The monoisotopic (exact) mass is 253 g/mol. The lowest BCUT2D eigenvalue weighted by Gasteiger charge is -2.12. The van der Waals surface area contributed by atoms with Crippen molar-refractivity contribution in [2.45, 2.75) is 25.7 Å². The summed E-state index contributed by atoms with van der Waals surface area (Å²) in [5.74, 6) is -1.52. The zero-order valence-electron chi connectivity index (χ0n) is 10.3. The van der Waals surface area contributed by atoms with Crippen molar-refractivity contribution in [2.75, 3.05) is 7.11 Å². The van der Waals surface area contributed by atoms with Crippen LogP contribution in [0.3, 0.4) is 0 Å². The van der Waals surface area contributed by atoms with Crippen molar-refractivity contribution >= 4 is 11.7 Å². The summed E-state index contributed by atoms with van der Waals surface area (Å²) < 4.78 is 4.92. The highest BCUT2D eigenvalue weighted by Crippen LogP contribution is 2.32. The molecule has 0 radical (unpaired) electrons. The van der Waals surface area contributed by atoms with Crippen LogP contribution in [0.4, 0.5) is 5.69 Å². The van der Waals surface area contributed by atoms with E-state index in [1.54, 1.807) is 0 Å². The van der Waals surface area contributed by atoms with Gasteiger partial charge in [0.05, 0.1) is 18.0 Å². The number of benzene rings is 1. The van der Waals surface area contributed by atoms with Gasteiger partial charge in [-0.2, -0.15) is 0 Å². The Morgan fingerprint density at radius 3 is 2.67 bits per heavy atom. The molecule has 0 aliphatic carbocycles. The van der Waals surface area contributed by atoms with Crippen LogP contribution in [0.2, 0.25) is 0 Å². The minimum absolute atomic E-state index is 0.0832. The first-order valence-electron chi connectivity index (χ1n) is 5.56. The van der Waals surface area contributed by atoms with Crippen molar-refractivity contribution in [3.63, 3.8) is 0 Å². The molecule has 1 aromatic rings. The number of nitro benzene ring substituents is 1. The Balaban J connectivity index is 3.17. The number of methoxy groups -OCH3 is 1. The summed E-state index contributed by atoms with van der Waals surface area (Å²) in [4.78, 5) is 21.3. The van der Waals surface area contributed by atoms with E-state index in [-0.39, 0.29) is 11.4 Å². The molecular weight excluding hydrogens is 238 g/mol. The smallest absolute Gasteiger partial charge is 0.310 e. The van der Waals surface area contributed by atoms with E-state index < -0.39 is 16.8 Å². The third-order valence-corrected chi connectivity index (χ3v) is 2.68. The summed E-state index contributed by atoms with van der Waals surface area (Å²) in [5, 5.41) is 19.9. The standard InChI is InChI=1S/C12H15NO5/c1-3-4-9(12(14)15)8-5-6-10(13(16)17)11(7-8)18-2/h5-7,9H,3-4H2,1-2H3,(H,14,15). The molecule has 98 valence electrons. The highest BCUT2D eigenvalue weighted by atomic mass is 16.6. The van der Waals surface area contributed by atoms with Gasteiger partial charge in [0.1, 0.15) is 0 Å². The molecule has 0 aliphatic heterocycles. The minimum Gasteiger partial charge on any atom is -0.490 e. The van der Waals surface area contributed by atoms with E-state index in [0.717, 1.165) is 6.42 Å². The molecule has 0 fully saturated rings. The Bertz CT molecular complexity index is 458. The lowest BCUT2D eigenvalue weighted by Crippen LogP contribution is -2.11. The van der Waals surface area contributed by atoms with E-state index in [9.17, 15) is 14.9 Å². The van der Waals surface area contributed by atoms with Crippen LogP contribution in [0.1, 0.15) is 31.2 Å². The predicted octanol–water partition coefficient (Wildman–Crippen LogP) is 2.57. The zero-order valence-corrected chi connectivity index (χ0v) is 10.3. The summed E-state index contributed by atoms with van der Waals surface area (Å²) in [6.45, 7) is 1.89. The van der Waals surface area contributed by atoms with Crippen LogP contribution in [0, 0.1) is 10.1 Å². The maximum absolute atomic E-state index is 11.1. The summed E-state index contributed by atoms with van der Waals surface area (Å²) in [6.07, 6.45) is 1.20. The molecule has 18 heavy (non-hydrogen) atoms. The lowest BCUT2D eigenvalue weighted by molar-refractivity contribution is -0.385. The Labute approximate surface area is 104 Å². The average Bonchev–Trinajstić information content (AvgIpc) is 2.34. The van der Waals surface area contributed by atoms with Crippen LogP contribution in [-0.4, -0.2) is 23.1 Å². The van der Waals surface area contributed by atoms with Gasteiger partial charge in [-0.3, -0.25) is 14.9 Å². The van der Waals surface area contributed by atoms with Gasteiger partial charge >= 0.3 is 11.7 Å². The summed E-state index contributed by atoms with van der Waals surface area (Å²) in [5.41, 5.74) is 0.355. The average molecular weight is 253 g/mol. The molecule has 1 atom stereocenters. The minimum atomic E-state index is -0.937. The molecule has 0 saturated heterocycles. The van der Waals surface area contributed by atoms with Crippen molar-refractivity contribution in [3.8, 4) is 5.75 Å². The molecule has 1 N–H and O–H groups in total.